The number of rotatable bonds is 6. The van der Waals surface area contributed by atoms with Gasteiger partial charge in [-0.2, -0.15) is 5.10 Å². The van der Waals surface area contributed by atoms with E-state index in [0.29, 0.717) is 16.4 Å². The topological polar surface area (TPSA) is 70.6 Å². The Morgan fingerprint density at radius 2 is 1.58 bits per heavy atom. The molecule has 5 nitrogen and oxygen atoms in total. The number of hydrogen-bond donors (Lipinski definition) is 2. The van der Waals surface area contributed by atoms with Crippen molar-refractivity contribution in [2.45, 2.75) is 19.8 Å². The van der Waals surface area contributed by atoms with Crippen LogP contribution < -0.4 is 10.7 Å². The van der Waals surface area contributed by atoms with Gasteiger partial charge in [0.15, 0.2) is 0 Å². The highest BCUT2D eigenvalue weighted by atomic mass is 35.5. The van der Waals surface area contributed by atoms with E-state index in [-0.39, 0.29) is 24.7 Å². The molecule has 2 rings (SSSR count). The van der Waals surface area contributed by atoms with Crippen molar-refractivity contribution in [3.8, 4) is 0 Å². The lowest BCUT2D eigenvalue weighted by molar-refractivity contribution is -0.124. The molecule has 0 heterocycles. The van der Waals surface area contributed by atoms with Crippen LogP contribution in [0.4, 0.5) is 5.69 Å². The number of nitrogens with one attached hydrogen (secondary N) is 2. The van der Waals surface area contributed by atoms with E-state index in [4.69, 9.17) is 11.6 Å². The van der Waals surface area contributed by atoms with Crippen LogP contribution in [0.5, 0.6) is 0 Å². The molecule has 2 aromatic carbocycles. The van der Waals surface area contributed by atoms with Crippen molar-refractivity contribution < 1.29 is 9.59 Å². The number of hydrogen-bond acceptors (Lipinski definition) is 3. The number of halogens is 1. The fourth-order valence-electron chi connectivity index (χ4n) is 1.95. The second-order valence-electron chi connectivity index (χ2n) is 5.13. The third-order valence-corrected chi connectivity index (χ3v) is 3.60. The molecule has 0 aliphatic rings. The first-order chi connectivity index (χ1) is 11.6. The van der Waals surface area contributed by atoms with Gasteiger partial charge in [0.1, 0.15) is 0 Å². The average Bonchev–Trinajstić information content (AvgIpc) is 2.60. The number of anilines is 1. The summed E-state index contributed by atoms with van der Waals surface area (Å²) < 4.78 is 0. The van der Waals surface area contributed by atoms with Gasteiger partial charge in [-0.25, -0.2) is 5.43 Å². The van der Waals surface area contributed by atoms with Crippen LogP contribution in [-0.4, -0.2) is 17.5 Å². The summed E-state index contributed by atoms with van der Waals surface area (Å²) in [5.41, 5.74) is 4.61. The highest BCUT2D eigenvalue weighted by Gasteiger charge is 2.08. The molecule has 2 aromatic rings. The highest BCUT2D eigenvalue weighted by molar-refractivity contribution is 6.33. The molecule has 24 heavy (non-hydrogen) atoms. The van der Waals surface area contributed by atoms with Crippen molar-refractivity contribution in [1.82, 2.24) is 5.43 Å². The third-order valence-electron chi connectivity index (χ3n) is 3.27. The van der Waals surface area contributed by atoms with Crippen molar-refractivity contribution in [2.24, 2.45) is 5.10 Å². The molecule has 0 atom stereocenters. The molecule has 0 aromatic heterocycles. The second-order valence-corrected chi connectivity index (χ2v) is 5.53. The molecule has 0 aliphatic heterocycles. The molecule has 0 aliphatic carbocycles. The summed E-state index contributed by atoms with van der Waals surface area (Å²) in [6, 6.07) is 16.5. The zero-order chi connectivity index (χ0) is 17.4. The summed E-state index contributed by atoms with van der Waals surface area (Å²) >= 11 is 5.96. The number of amides is 2. The van der Waals surface area contributed by atoms with Crippen LogP contribution in [0.3, 0.4) is 0 Å². The van der Waals surface area contributed by atoms with Gasteiger partial charge in [-0.05, 0) is 24.6 Å². The summed E-state index contributed by atoms with van der Waals surface area (Å²) in [6.07, 6.45) is 0.0960. The Hall–Kier alpha value is -2.66. The lowest BCUT2D eigenvalue weighted by Crippen LogP contribution is -2.21. The Bertz CT molecular complexity index is 745. The first kappa shape index (κ1) is 17.7. The van der Waals surface area contributed by atoms with Crippen LogP contribution >= 0.6 is 11.6 Å². The number of hydrazone groups is 1. The number of carbonyl (C=O) groups is 2. The van der Waals surface area contributed by atoms with Crippen LogP contribution in [0.15, 0.2) is 59.7 Å². The first-order valence-electron chi connectivity index (χ1n) is 7.49. The SMILES string of the molecule is CC(=NNC(=O)CCC(=O)Nc1ccccc1Cl)c1ccccc1. The number of para-hydroxylation sites is 1. The molecule has 2 N–H and O–H groups in total. The second kappa shape index (κ2) is 8.84. The number of benzene rings is 2. The standard InChI is InChI=1S/C18H18ClN3O2/c1-13(14-7-3-2-4-8-14)21-22-18(24)12-11-17(23)20-16-10-6-5-9-15(16)19/h2-10H,11-12H2,1H3,(H,20,23)(H,22,24). The molecule has 0 fully saturated rings. The van der Waals surface area contributed by atoms with E-state index in [1.807, 2.05) is 30.3 Å². The minimum atomic E-state index is -0.320. The van der Waals surface area contributed by atoms with Crippen LogP contribution in [-0.2, 0) is 9.59 Å². The maximum atomic E-state index is 11.8. The van der Waals surface area contributed by atoms with E-state index >= 15 is 0 Å². The van der Waals surface area contributed by atoms with E-state index < -0.39 is 0 Å². The van der Waals surface area contributed by atoms with Crippen LogP contribution in [0.25, 0.3) is 0 Å². The monoisotopic (exact) mass is 343 g/mol. The Morgan fingerprint density at radius 3 is 2.29 bits per heavy atom. The predicted octanol–water partition coefficient (Wildman–Crippen LogP) is 3.60. The fourth-order valence-corrected chi connectivity index (χ4v) is 2.13. The molecule has 0 saturated heterocycles. The smallest absolute Gasteiger partial charge is 0.240 e. The maximum absolute atomic E-state index is 11.8. The largest absolute Gasteiger partial charge is 0.325 e. The van der Waals surface area contributed by atoms with Gasteiger partial charge in [0.2, 0.25) is 11.8 Å². The normalized spacial score (nSPS) is 11.0. The van der Waals surface area contributed by atoms with Crippen molar-refractivity contribution in [1.29, 1.82) is 0 Å². The Kier molecular flexibility index (Phi) is 6.51. The molecular formula is C18H18ClN3O2. The average molecular weight is 344 g/mol. The summed E-state index contributed by atoms with van der Waals surface area (Å²) in [5.74, 6) is -0.596. The van der Waals surface area contributed by atoms with E-state index in [9.17, 15) is 9.59 Å². The van der Waals surface area contributed by atoms with Gasteiger partial charge in [0, 0.05) is 12.8 Å². The van der Waals surface area contributed by atoms with Crippen LogP contribution in [0.2, 0.25) is 5.02 Å². The van der Waals surface area contributed by atoms with Crippen LogP contribution in [0, 0.1) is 0 Å². The molecule has 0 spiro atoms. The molecule has 2 amide bonds. The van der Waals surface area contributed by atoms with Gasteiger partial charge in [-0.1, -0.05) is 54.1 Å². The molecule has 0 radical (unpaired) electrons. The molecule has 124 valence electrons. The molecule has 0 saturated carbocycles. The zero-order valence-electron chi connectivity index (χ0n) is 13.3. The fraction of sp³-hybridized carbons (Fsp3) is 0.167. The van der Waals surface area contributed by atoms with Crippen LogP contribution in [0.1, 0.15) is 25.3 Å². The van der Waals surface area contributed by atoms with Crippen molar-refractivity contribution in [3.63, 3.8) is 0 Å². The molecule has 6 heteroatoms. The van der Waals surface area contributed by atoms with E-state index in [1.165, 1.54) is 0 Å². The van der Waals surface area contributed by atoms with Gasteiger partial charge >= 0.3 is 0 Å². The molecular weight excluding hydrogens is 326 g/mol. The summed E-state index contributed by atoms with van der Waals surface area (Å²) in [5, 5.41) is 7.16. The predicted molar refractivity (Wildman–Crippen MR) is 96.1 cm³/mol. The van der Waals surface area contributed by atoms with Gasteiger partial charge < -0.3 is 5.32 Å². The number of nitrogens with zero attached hydrogens (tertiary/aromatic N) is 1. The van der Waals surface area contributed by atoms with Crippen molar-refractivity contribution in [2.75, 3.05) is 5.32 Å². The summed E-state index contributed by atoms with van der Waals surface area (Å²) in [7, 11) is 0. The zero-order valence-corrected chi connectivity index (χ0v) is 14.0. The first-order valence-corrected chi connectivity index (χ1v) is 7.87. The summed E-state index contributed by atoms with van der Waals surface area (Å²) in [6.45, 7) is 1.81. The molecule has 0 bridgehead atoms. The van der Waals surface area contributed by atoms with E-state index in [1.54, 1.807) is 31.2 Å². The van der Waals surface area contributed by atoms with Crippen molar-refractivity contribution >= 4 is 34.8 Å². The van der Waals surface area contributed by atoms with Gasteiger partial charge in [0.25, 0.3) is 0 Å². The van der Waals surface area contributed by atoms with E-state index in [2.05, 4.69) is 15.8 Å². The Labute approximate surface area is 145 Å². The van der Waals surface area contributed by atoms with E-state index in [0.717, 1.165) is 5.56 Å². The quantitative estimate of drug-likeness (QED) is 0.621. The minimum Gasteiger partial charge on any atom is -0.325 e. The maximum Gasteiger partial charge on any atom is 0.240 e. The number of carbonyl (C=O) groups excluding carboxylic acids is 2. The minimum absolute atomic E-state index is 0.0435. The Balaban J connectivity index is 1.79. The lowest BCUT2D eigenvalue weighted by atomic mass is 10.1. The van der Waals surface area contributed by atoms with Gasteiger partial charge in [-0.15, -0.1) is 0 Å². The summed E-state index contributed by atoms with van der Waals surface area (Å²) in [4.78, 5) is 23.6. The Morgan fingerprint density at radius 1 is 0.958 bits per heavy atom. The third kappa shape index (κ3) is 5.52. The van der Waals surface area contributed by atoms with Gasteiger partial charge in [-0.3, -0.25) is 9.59 Å². The highest BCUT2D eigenvalue weighted by Crippen LogP contribution is 2.20. The van der Waals surface area contributed by atoms with Gasteiger partial charge in [0.05, 0.1) is 16.4 Å². The van der Waals surface area contributed by atoms with Crippen molar-refractivity contribution in [3.05, 3.63) is 65.2 Å². The lowest BCUT2D eigenvalue weighted by Gasteiger charge is -2.06. The molecule has 0 unspecified atom stereocenters.